The summed E-state index contributed by atoms with van der Waals surface area (Å²) in [5, 5.41) is 2.97. The van der Waals surface area contributed by atoms with Crippen LogP contribution in [0.1, 0.15) is 26.7 Å². The van der Waals surface area contributed by atoms with Crippen LogP contribution in [0.3, 0.4) is 0 Å². The first-order valence-electron chi connectivity index (χ1n) is 6.40. The van der Waals surface area contributed by atoms with Crippen LogP contribution in [0.2, 0.25) is 0 Å². The lowest BCUT2D eigenvalue weighted by Gasteiger charge is -2.33. The summed E-state index contributed by atoms with van der Waals surface area (Å²) in [5.41, 5.74) is -0.0214. The third-order valence-corrected chi connectivity index (χ3v) is 3.37. The largest absolute Gasteiger partial charge is 0.378 e. The molecule has 0 aromatic heterocycles. The lowest BCUT2D eigenvalue weighted by molar-refractivity contribution is -0.0161. The van der Waals surface area contributed by atoms with Crippen molar-refractivity contribution in [3.8, 4) is 0 Å². The van der Waals surface area contributed by atoms with Gasteiger partial charge in [0.05, 0.1) is 6.10 Å². The van der Waals surface area contributed by atoms with Crippen LogP contribution >= 0.6 is 0 Å². The van der Waals surface area contributed by atoms with Crippen LogP contribution in [0.5, 0.6) is 0 Å². The zero-order valence-electron chi connectivity index (χ0n) is 10.7. The van der Waals surface area contributed by atoms with Gasteiger partial charge < -0.3 is 10.1 Å². The van der Waals surface area contributed by atoms with E-state index in [1.807, 2.05) is 0 Å². The second kappa shape index (κ2) is 5.65. The van der Waals surface area contributed by atoms with E-state index in [0.717, 1.165) is 12.8 Å². The summed E-state index contributed by atoms with van der Waals surface area (Å²) in [4.78, 5) is 0. The van der Waals surface area contributed by atoms with Crippen molar-refractivity contribution in [1.82, 2.24) is 0 Å². The number of benzene rings is 1. The Morgan fingerprint density at radius 2 is 1.94 bits per heavy atom. The summed E-state index contributed by atoms with van der Waals surface area (Å²) in [5.74, 6) is -0.662. The minimum Gasteiger partial charge on any atom is -0.378 e. The van der Waals surface area contributed by atoms with Gasteiger partial charge in [0.2, 0.25) is 0 Å². The number of halogens is 2. The molecule has 0 aliphatic carbocycles. The molecule has 0 amide bonds. The van der Waals surface area contributed by atoms with Crippen molar-refractivity contribution in [2.45, 2.75) is 38.8 Å². The van der Waals surface area contributed by atoms with Crippen molar-refractivity contribution in [2.75, 3.05) is 11.9 Å². The first-order valence-corrected chi connectivity index (χ1v) is 6.40. The molecule has 4 heteroatoms. The summed E-state index contributed by atoms with van der Waals surface area (Å²) in [6.45, 7) is 4.82. The Bertz CT molecular complexity index is 389. The van der Waals surface area contributed by atoms with Crippen molar-refractivity contribution in [3.63, 3.8) is 0 Å². The highest BCUT2D eigenvalue weighted by Crippen LogP contribution is 2.25. The van der Waals surface area contributed by atoms with Gasteiger partial charge in [0.1, 0.15) is 17.3 Å². The average molecular weight is 255 g/mol. The standard InChI is InChI=1S/C14H19F2NO/c1-9(2)13-8-10(6-7-18-13)17-14-11(15)4-3-5-12(14)16/h3-5,9-10,13,17H,6-8H2,1-2H3. The van der Waals surface area contributed by atoms with Crippen LogP contribution in [0.4, 0.5) is 14.5 Å². The van der Waals surface area contributed by atoms with Gasteiger partial charge in [-0.25, -0.2) is 8.78 Å². The maximum atomic E-state index is 13.5. The molecule has 1 fully saturated rings. The molecule has 0 saturated carbocycles. The quantitative estimate of drug-likeness (QED) is 0.891. The van der Waals surface area contributed by atoms with E-state index in [2.05, 4.69) is 19.2 Å². The van der Waals surface area contributed by atoms with Gasteiger partial charge in [0.25, 0.3) is 0 Å². The minimum atomic E-state index is -0.539. The zero-order chi connectivity index (χ0) is 13.1. The summed E-state index contributed by atoms with van der Waals surface area (Å²) in [6, 6.07) is 3.98. The molecule has 2 rings (SSSR count). The molecule has 1 saturated heterocycles. The van der Waals surface area contributed by atoms with Crippen molar-refractivity contribution in [2.24, 2.45) is 5.92 Å². The number of nitrogens with one attached hydrogen (secondary N) is 1. The number of anilines is 1. The molecule has 1 aromatic carbocycles. The molecule has 1 aliphatic heterocycles. The molecule has 0 spiro atoms. The maximum Gasteiger partial charge on any atom is 0.149 e. The van der Waals surface area contributed by atoms with E-state index in [9.17, 15) is 8.78 Å². The van der Waals surface area contributed by atoms with Crippen LogP contribution in [0.25, 0.3) is 0 Å². The molecule has 2 unspecified atom stereocenters. The average Bonchev–Trinajstić information content (AvgIpc) is 2.34. The van der Waals surface area contributed by atoms with E-state index in [0.29, 0.717) is 12.5 Å². The first-order chi connectivity index (χ1) is 8.58. The van der Waals surface area contributed by atoms with E-state index in [1.165, 1.54) is 18.2 Å². The van der Waals surface area contributed by atoms with Gasteiger partial charge >= 0.3 is 0 Å². The molecule has 18 heavy (non-hydrogen) atoms. The minimum absolute atomic E-state index is 0.0214. The van der Waals surface area contributed by atoms with Gasteiger partial charge in [-0.05, 0) is 30.9 Å². The molecule has 0 bridgehead atoms. The molecular formula is C14H19F2NO. The molecule has 0 radical (unpaired) electrons. The highest BCUT2D eigenvalue weighted by atomic mass is 19.1. The lowest BCUT2D eigenvalue weighted by atomic mass is 9.95. The fourth-order valence-electron chi connectivity index (χ4n) is 2.26. The second-order valence-corrected chi connectivity index (χ2v) is 5.12. The van der Waals surface area contributed by atoms with Crippen LogP contribution in [0, 0.1) is 17.6 Å². The molecule has 1 aromatic rings. The predicted molar refractivity (Wildman–Crippen MR) is 67.6 cm³/mol. The van der Waals surface area contributed by atoms with Crippen molar-refractivity contribution < 1.29 is 13.5 Å². The Kier molecular flexibility index (Phi) is 4.17. The van der Waals surface area contributed by atoms with Gasteiger partial charge in [-0.15, -0.1) is 0 Å². The number of hydrogen-bond donors (Lipinski definition) is 1. The Hall–Kier alpha value is -1.16. The van der Waals surface area contributed by atoms with Crippen molar-refractivity contribution >= 4 is 5.69 Å². The first kappa shape index (κ1) is 13.3. The van der Waals surface area contributed by atoms with E-state index in [-0.39, 0.29) is 17.8 Å². The predicted octanol–water partition coefficient (Wildman–Crippen LogP) is 3.58. The zero-order valence-corrected chi connectivity index (χ0v) is 10.7. The Labute approximate surface area is 106 Å². The van der Waals surface area contributed by atoms with Gasteiger partial charge in [-0.2, -0.15) is 0 Å². The Morgan fingerprint density at radius 1 is 1.28 bits per heavy atom. The highest BCUT2D eigenvalue weighted by molar-refractivity contribution is 5.46. The van der Waals surface area contributed by atoms with Gasteiger partial charge in [-0.3, -0.25) is 0 Å². The third-order valence-electron chi connectivity index (χ3n) is 3.37. The maximum absolute atomic E-state index is 13.5. The molecule has 2 atom stereocenters. The van der Waals surface area contributed by atoms with E-state index < -0.39 is 11.6 Å². The Morgan fingerprint density at radius 3 is 2.56 bits per heavy atom. The van der Waals surface area contributed by atoms with Crippen LogP contribution in [-0.4, -0.2) is 18.8 Å². The molecule has 100 valence electrons. The monoisotopic (exact) mass is 255 g/mol. The normalized spacial score (nSPS) is 24.3. The summed E-state index contributed by atoms with van der Waals surface area (Å²) in [7, 11) is 0. The van der Waals surface area contributed by atoms with Crippen molar-refractivity contribution in [3.05, 3.63) is 29.8 Å². The molecule has 2 nitrogen and oxygen atoms in total. The summed E-state index contributed by atoms with van der Waals surface area (Å²) in [6.07, 6.45) is 1.72. The van der Waals surface area contributed by atoms with Crippen LogP contribution < -0.4 is 5.32 Å². The number of rotatable bonds is 3. The fraction of sp³-hybridized carbons (Fsp3) is 0.571. The van der Waals surface area contributed by atoms with Crippen LogP contribution in [-0.2, 0) is 4.74 Å². The SMILES string of the molecule is CC(C)C1CC(Nc2c(F)cccc2F)CCO1. The third kappa shape index (κ3) is 2.99. The number of ether oxygens (including phenoxy) is 1. The van der Waals surface area contributed by atoms with Gasteiger partial charge in [0, 0.05) is 12.6 Å². The van der Waals surface area contributed by atoms with E-state index in [1.54, 1.807) is 0 Å². The lowest BCUT2D eigenvalue weighted by Crippen LogP contribution is -2.37. The molecule has 1 heterocycles. The van der Waals surface area contributed by atoms with E-state index in [4.69, 9.17) is 4.74 Å². The molecule has 1 aliphatic rings. The van der Waals surface area contributed by atoms with Gasteiger partial charge in [0.15, 0.2) is 0 Å². The Balaban J connectivity index is 2.05. The van der Waals surface area contributed by atoms with Gasteiger partial charge in [-0.1, -0.05) is 19.9 Å². The smallest absolute Gasteiger partial charge is 0.149 e. The topological polar surface area (TPSA) is 21.3 Å². The molecule has 1 N–H and O–H groups in total. The fourth-order valence-corrected chi connectivity index (χ4v) is 2.26. The number of hydrogen-bond acceptors (Lipinski definition) is 2. The summed E-state index contributed by atoms with van der Waals surface area (Å²) >= 11 is 0. The number of para-hydroxylation sites is 1. The summed E-state index contributed by atoms with van der Waals surface area (Å²) < 4.78 is 32.7. The second-order valence-electron chi connectivity index (χ2n) is 5.12. The molecular weight excluding hydrogens is 236 g/mol. The van der Waals surface area contributed by atoms with E-state index >= 15 is 0 Å². The van der Waals surface area contributed by atoms with Crippen molar-refractivity contribution in [1.29, 1.82) is 0 Å². The highest BCUT2D eigenvalue weighted by Gasteiger charge is 2.25. The van der Waals surface area contributed by atoms with Crippen LogP contribution in [0.15, 0.2) is 18.2 Å².